The minimum absolute atomic E-state index is 0.238. The van der Waals surface area contributed by atoms with Crippen molar-refractivity contribution in [2.75, 3.05) is 5.32 Å². The summed E-state index contributed by atoms with van der Waals surface area (Å²) in [6.07, 6.45) is 1.58. The van der Waals surface area contributed by atoms with E-state index in [2.05, 4.69) is 10.6 Å². The van der Waals surface area contributed by atoms with Crippen molar-refractivity contribution in [1.82, 2.24) is 5.32 Å². The van der Waals surface area contributed by atoms with Crippen molar-refractivity contribution >= 4 is 17.5 Å². The highest BCUT2D eigenvalue weighted by Gasteiger charge is 2.36. The molecule has 27 heavy (non-hydrogen) atoms. The van der Waals surface area contributed by atoms with Gasteiger partial charge in [0.05, 0.1) is 0 Å². The van der Waals surface area contributed by atoms with Crippen LogP contribution in [0.4, 0.5) is 10.1 Å². The second-order valence-corrected chi connectivity index (χ2v) is 7.05. The number of carbonyl (C=O) groups excluding carboxylic acids is 2. The summed E-state index contributed by atoms with van der Waals surface area (Å²) in [6.45, 7) is 7.50. The number of nitrogens with one attached hydrogen (secondary N) is 2. The van der Waals surface area contributed by atoms with Gasteiger partial charge >= 0.3 is 0 Å². The van der Waals surface area contributed by atoms with E-state index in [4.69, 9.17) is 0 Å². The third kappa shape index (κ3) is 4.94. The van der Waals surface area contributed by atoms with Crippen LogP contribution in [0.25, 0.3) is 0 Å². The molecule has 0 fully saturated rings. The van der Waals surface area contributed by atoms with Crippen molar-refractivity contribution in [3.63, 3.8) is 0 Å². The lowest BCUT2D eigenvalue weighted by Gasteiger charge is -2.24. The number of para-hydroxylation sites is 1. The van der Waals surface area contributed by atoms with Gasteiger partial charge in [-0.15, -0.1) is 0 Å². The fraction of sp³-hybridized carbons (Fsp3) is 0.364. The Balaban J connectivity index is 2.10. The zero-order chi connectivity index (χ0) is 20.0. The smallest absolute Gasteiger partial charge is 0.239 e. The van der Waals surface area contributed by atoms with E-state index in [0.29, 0.717) is 0 Å². The van der Waals surface area contributed by atoms with Crippen molar-refractivity contribution < 1.29 is 14.0 Å². The Labute approximate surface area is 160 Å². The quantitative estimate of drug-likeness (QED) is 0.717. The summed E-state index contributed by atoms with van der Waals surface area (Å²) in [4.78, 5) is 25.4. The largest absolute Gasteiger partial charge is 0.351 e. The van der Waals surface area contributed by atoms with E-state index in [1.54, 1.807) is 26.0 Å². The Kier molecular flexibility index (Phi) is 6.72. The molecule has 2 N–H and O–H groups in total. The molecule has 0 saturated heterocycles. The summed E-state index contributed by atoms with van der Waals surface area (Å²) in [5.74, 6) is -1.06. The van der Waals surface area contributed by atoms with E-state index in [0.717, 1.165) is 35.2 Å². The maximum absolute atomic E-state index is 13.0. The number of hydrogen-bond donors (Lipinski definition) is 2. The molecule has 2 aromatic carbocycles. The van der Waals surface area contributed by atoms with Crippen molar-refractivity contribution in [3.05, 3.63) is 65.0 Å². The third-order valence-corrected chi connectivity index (χ3v) is 4.74. The molecular formula is C22H27FN2O2. The Morgan fingerprint density at radius 3 is 2.00 bits per heavy atom. The van der Waals surface area contributed by atoms with Crippen molar-refractivity contribution in [2.24, 2.45) is 5.41 Å². The molecule has 5 heteroatoms. The molecule has 0 spiro atoms. The van der Waals surface area contributed by atoms with Gasteiger partial charge in [0, 0.05) is 12.2 Å². The van der Waals surface area contributed by atoms with Gasteiger partial charge in [0.25, 0.3) is 0 Å². The summed E-state index contributed by atoms with van der Waals surface area (Å²) in [6, 6.07) is 11.8. The fourth-order valence-electron chi connectivity index (χ4n) is 2.78. The van der Waals surface area contributed by atoms with Gasteiger partial charge in [-0.2, -0.15) is 0 Å². The van der Waals surface area contributed by atoms with Crippen LogP contribution in [0, 0.1) is 11.2 Å². The van der Waals surface area contributed by atoms with E-state index in [-0.39, 0.29) is 24.2 Å². The molecule has 2 amide bonds. The third-order valence-electron chi connectivity index (χ3n) is 4.74. The molecule has 0 aromatic heterocycles. The average Bonchev–Trinajstić information content (AvgIpc) is 2.67. The van der Waals surface area contributed by atoms with Gasteiger partial charge < -0.3 is 10.6 Å². The highest BCUT2D eigenvalue weighted by molar-refractivity contribution is 6.10. The second kappa shape index (κ2) is 8.80. The van der Waals surface area contributed by atoms with E-state index >= 15 is 0 Å². The normalized spacial score (nSPS) is 11.1. The van der Waals surface area contributed by atoms with Crippen LogP contribution in [-0.4, -0.2) is 11.8 Å². The summed E-state index contributed by atoms with van der Waals surface area (Å²) in [7, 11) is 0. The van der Waals surface area contributed by atoms with Gasteiger partial charge in [0.2, 0.25) is 11.8 Å². The number of aryl methyl sites for hydroxylation is 2. The van der Waals surface area contributed by atoms with E-state index in [9.17, 15) is 14.0 Å². The van der Waals surface area contributed by atoms with Crippen molar-refractivity contribution in [2.45, 2.75) is 47.1 Å². The Bertz CT molecular complexity index is 791. The highest BCUT2D eigenvalue weighted by Crippen LogP contribution is 2.26. The molecule has 0 aliphatic heterocycles. The molecule has 0 radical (unpaired) electrons. The monoisotopic (exact) mass is 370 g/mol. The highest BCUT2D eigenvalue weighted by atomic mass is 19.1. The number of carbonyl (C=O) groups is 2. The molecule has 0 bridgehead atoms. The SMILES string of the molecule is CCc1cccc(CC)c1NC(=O)C(C)(C)C(=O)NCc1ccc(F)cc1. The zero-order valence-corrected chi connectivity index (χ0v) is 16.4. The van der Waals surface area contributed by atoms with Crippen LogP contribution in [0.1, 0.15) is 44.4 Å². The predicted molar refractivity (Wildman–Crippen MR) is 106 cm³/mol. The molecule has 0 aliphatic carbocycles. The molecule has 2 aromatic rings. The van der Waals surface area contributed by atoms with Crippen LogP contribution in [0.3, 0.4) is 0 Å². The Hall–Kier alpha value is -2.69. The molecule has 0 heterocycles. The number of amides is 2. The lowest BCUT2D eigenvalue weighted by atomic mass is 9.90. The fourth-order valence-corrected chi connectivity index (χ4v) is 2.78. The minimum Gasteiger partial charge on any atom is -0.351 e. The lowest BCUT2D eigenvalue weighted by molar-refractivity contribution is -0.138. The average molecular weight is 370 g/mol. The van der Waals surface area contributed by atoms with Gasteiger partial charge in [0.15, 0.2) is 0 Å². The van der Waals surface area contributed by atoms with Crippen LogP contribution in [0.2, 0.25) is 0 Å². The molecule has 4 nitrogen and oxygen atoms in total. The molecule has 0 aliphatic rings. The van der Waals surface area contributed by atoms with Crippen molar-refractivity contribution in [3.8, 4) is 0 Å². The summed E-state index contributed by atoms with van der Waals surface area (Å²) in [5, 5.41) is 5.72. The van der Waals surface area contributed by atoms with Gasteiger partial charge in [-0.25, -0.2) is 4.39 Å². The Morgan fingerprint density at radius 1 is 0.926 bits per heavy atom. The van der Waals surface area contributed by atoms with E-state index < -0.39 is 5.41 Å². The first-order chi connectivity index (χ1) is 12.8. The second-order valence-electron chi connectivity index (χ2n) is 7.05. The maximum atomic E-state index is 13.0. The van der Waals surface area contributed by atoms with E-state index in [1.807, 2.05) is 32.0 Å². The number of halogens is 1. The Morgan fingerprint density at radius 2 is 1.48 bits per heavy atom. The van der Waals surface area contributed by atoms with Gasteiger partial charge in [-0.1, -0.05) is 44.2 Å². The van der Waals surface area contributed by atoms with Crippen LogP contribution < -0.4 is 10.6 Å². The summed E-state index contributed by atoms with van der Waals surface area (Å²) in [5.41, 5.74) is 2.42. The summed E-state index contributed by atoms with van der Waals surface area (Å²) < 4.78 is 13.0. The van der Waals surface area contributed by atoms with Gasteiger partial charge in [-0.05, 0) is 55.5 Å². The predicted octanol–water partition coefficient (Wildman–Crippen LogP) is 4.23. The van der Waals surface area contributed by atoms with Crippen LogP contribution in [0.5, 0.6) is 0 Å². The number of anilines is 1. The first-order valence-electron chi connectivity index (χ1n) is 9.24. The molecule has 2 rings (SSSR count). The molecular weight excluding hydrogens is 343 g/mol. The molecule has 0 atom stereocenters. The van der Waals surface area contributed by atoms with E-state index in [1.165, 1.54) is 12.1 Å². The topological polar surface area (TPSA) is 58.2 Å². The van der Waals surface area contributed by atoms with Crippen LogP contribution in [-0.2, 0) is 29.0 Å². The zero-order valence-electron chi connectivity index (χ0n) is 16.4. The van der Waals surface area contributed by atoms with Crippen LogP contribution in [0.15, 0.2) is 42.5 Å². The number of hydrogen-bond acceptors (Lipinski definition) is 2. The van der Waals surface area contributed by atoms with Gasteiger partial charge in [-0.3, -0.25) is 9.59 Å². The molecule has 0 unspecified atom stereocenters. The van der Waals surface area contributed by atoms with Crippen molar-refractivity contribution in [1.29, 1.82) is 0 Å². The minimum atomic E-state index is -1.24. The molecule has 144 valence electrons. The lowest BCUT2D eigenvalue weighted by Crippen LogP contribution is -2.45. The van der Waals surface area contributed by atoms with Gasteiger partial charge in [0.1, 0.15) is 11.2 Å². The maximum Gasteiger partial charge on any atom is 0.239 e. The number of rotatable bonds is 7. The first kappa shape index (κ1) is 20.6. The summed E-state index contributed by atoms with van der Waals surface area (Å²) >= 11 is 0. The number of benzene rings is 2. The molecule has 0 saturated carbocycles. The first-order valence-corrected chi connectivity index (χ1v) is 9.24. The standard InChI is InChI=1S/C22H27FN2O2/c1-5-16-8-7-9-17(6-2)19(16)25-21(27)22(3,4)20(26)24-14-15-10-12-18(23)13-11-15/h7-13H,5-6,14H2,1-4H3,(H,24,26)(H,25,27). The van der Waals surface area contributed by atoms with Crippen LogP contribution >= 0.6 is 0 Å².